The molecule has 0 radical (unpaired) electrons. The van der Waals surface area contributed by atoms with Crippen molar-refractivity contribution in [1.82, 2.24) is 9.38 Å². The van der Waals surface area contributed by atoms with Crippen LogP contribution in [0.5, 0.6) is 0 Å². The highest BCUT2D eigenvalue weighted by molar-refractivity contribution is 5.67. The van der Waals surface area contributed by atoms with Gasteiger partial charge in [0.1, 0.15) is 5.65 Å². The summed E-state index contributed by atoms with van der Waals surface area (Å²) in [6.07, 6.45) is 1.03. The van der Waals surface area contributed by atoms with Gasteiger partial charge in [-0.25, -0.2) is 4.98 Å². The zero-order chi connectivity index (χ0) is 14.1. The topological polar surface area (TPSA) is 37.5 Å². The van der Waals surface area contributed by atoms with Crippen LogP contribution in [0.1, 0.15) is 23.9 Å². The monoisotopic (exact) mass is 266 g/mol. The molecule has 0 bridgehead atoms. The maximum Gasteiger partial charge on any atom is 0.137 e. The van der Waals surface area contributed by atoms with Gasteiger partial charge in [0, 0.05) is 11.3 Å². The van der Waals surface area contributed by atoms with Crippen LogP contribution >= 0.6 is 0 Å². The van der Waals surface area contributed by atoms with Gasteiger partial charge in [-0.3, -0.25) is 4.40 Å². The van der Waals surface area contributed by atoms with Crippen LogP contribution in [-0.2, 0) is 13.0 Å². The van der Waals surface area contributed by atoms with Crippen molar-refractivity contribution >= 4 is 5.65 Å². The molecule has 3 nitrogen and oxygen atoms in total. The highest BCUT2D eigenvalue weighted by Crippen LogP contribution is 2.26. The average molecular weight is 266 g/mol. The molecule has 0 fully saturated rings. The lowest BCUT2D eigenvalue weighted by molar-refractivity contribution is 0.276. The second-order valence-electron chi connectivity index (χ2n) is 4.98. The minimum absolute atomic E-state index is 0.0170. The third-order valence-corrected chi connectivity index (χ3v) is 3.72. The second kappa shape index (κ2) is 5.10. The van der Waals surface area contributed by atoms with E-state index in [1.807, 2.05) is 29.5 Å². The van der Waals surface area contributed by atoms with Gasteiger partial charge >= 0.3 is 0 Å². The SMILES string of the molecule is CCc1ccc(-c2nc3cccc(C)n3c2CO)cc1. The molecule has 0 amide bonds. The first-order valence-corrected chi connectivity index (χ1v) is 6.91. The number of aromatic nitrogens is 2. The van der Waals surface area contributed by atoms with E-state index in [-0.39, 0.29) is 6.61 Å². The van der Waals surface area contributed by atoms with E-state index in [9.17, 15) is 5.11 Å². The molecule has 0 aliphatic heterocycles. The maximum absolute atomic E-state index is 9.73. The molecule has 0 aliphatic carbocycles. The first kappa shape index (κ1) is 12.9. The van der Waals surface area contributed by atoms with Gasteiger partial charge in [0.2, 0.25) is 0 Å². The molecule has 3 heteroatoms. The first-order valence-electron chi connectivity index (χ1n) is 6.91. The Morgan fingerprint density at radius 2 is 1.85 bits per heavy atom. The lowest BCUT2D eigenvalue weighted by Crippen LogP contribution is -1.97. The molecule has 2 heterocycles. The number of fused-ring (bicyclic) bond motifs is 1. The molecule has 20 heavy (non-hydrogen) atoms. The van der Waals surface area contributed by atoms with Crippen LogP contribution in [0.2, 0.25) is 0 Å². The lowest BCUT2D eigenvalue weighted by Gasteiger charge is -2.05. The fraction of sp³-hybridized carbons (Fsp3) is 0.235. The fourth-order valence-electron chi connectivity index (χ4n) is 2.60. The number of hydrogen-bond acceptors (Lipinski definition) is 2. The summed E-state index contributed by atoms with van der Waals surface area (Å²) < 4.78 is 2.02. The molecule has 0 saturated heterocycles. The van der Waals surface area contributed by atoms with Crippen molar-refractivity contribution in [3.8, 4) is 11.3 Å². The predicted molar refractivity (Wildman–Crippen MR) is 80.7 cm³/mol. The van der Waals surface area contributed by atoms with Crippen LogP contribution in [0.3, 0.4) is 0 Å². The first-order chi connectivity index (χ1) is 9.74. The number of aliphatic hydroxyl groups is 1. The Hall–Kier alpha value is -2.13. The van der Waals surface area contributed by atoms with Gasteiger partial charge in [-0.1, -0.05) is 37.3 Å². The van der Waals surface area contributed by atoms with Crippen LogP contribution in [0.15, 0.2) is 42.5 Å². The van der Waals surface area contributed by atoms with Crippen LogP contribution in [0.25, 0.3) is 16.9 Å². The minimum atomic E-state index is -0.0170. The molecule has 3 aromatic rings. The Kier molecular flexibility index (Phi) is 3.28. The zero-order valence-electron chi connectivity index (χ0n) is 11.8. The van der Waals surface area contributed by atoms with Gasteiger partial charge in [-0.05, 0) is 31.0 Å². The Labute approximate surface area is 118 Å². The number of benzene rings is 1. The summed E-state index contributed by atoms with van der Waals surface area (Å²) in [5.74, 6) is 0. The van der Waals surface area contributed by atoms with Crippen molar-refractivity contribution in [2.75, 3.05) is 0 Å². The quantitative estimate of drug-likeness (QED) is 0.789. The highest BCUT2D eigenvalue weighted by atomic mass is 16.3. The van der Waals surface area contributed by atoms with E-state index in [0.29, 0.717) is 0 Å². The van der Waals surface area contributed by atoms with E-state index in [0.717, 1.165) is 34.7 Å². The molecule has 3 rings (SSSR count). The molecule has 102 valence electrons. The lowest BCUT2D eigenvalue weighted by atomic mass is 10.1. The summed E-state index contributed by atoms with van der Waals surface area (Å²) in [4.78, 5) is 4.67. The number of rotatable bonds is 3. The Morgan fingerprint density at radius 3 is 2.50 bits per heavy atom. The summed E-state index contributed by atoms with van der Waals surface area (Å²) in [6.45, 7) is 4.15. The van der Waals surface area contributed by atoms with E-state index in [1.54, 1.807) is 0 Å². The van der Waals surface area contributed by atoms with Gasteiger partial charge in [0.05, 0.1) is 18.0 Å². The number of pyridine rings is 1. The van der Waals surface area contributed by atoms with E-state index in [1.165, 1.54) is 5.56 Å². The van der Waals surface area contributed by atoms with Gasteiger partial charge in [-0.2, -0.15) is 0 Å². The summed E-state index contributed by atoms with van der Waals surface area (Å²) in [5, 5.41) is 9.73. The average Bonchev–Trinajstić information content (AvgIpc) is 2.87. The molecular formula is C17H18N2O. The smallest absolute Gasteiger partial charge is 0.137 e. The van der Waals surface area contributed by atoms with Crippen LogP contribution < -0.4 is 0 Å². The van der Waals surface area contributed by atoms with Crippen molar-refractivity contribution < 1.29 is 5.11 Å². The number of hydrogen-bond donors (Lipinski definition) is 1. The Bertz CT molecular complexity index is 742. The summed E-state index contributed by atoms with van der Waals surface area (Å²) in [5.41, 5.74) is 6.03. The van der Waals surface area contributed by atoms with Crippen LogP contribution in [-0.4, -0.2) is 14.5 Å². The van der Waals surface area contributed by atoms with Crippen molar-refractivity contribution in [2.45, 2.75) is 26.9 Å². The maximum atomic E-state index is 9.73. The van der Waals surface area contributed by atoms with Crippen molar-refractivity contribution in [2.24, 2.45) is 0 Å². The molecule has 0 aliphatic rings. The molecule has 1 aromatic carbocycles. The highest BCUT2D eigenvalue weighted by Gasteiger charge is 2.14. The van der Waals surface area contributed by atoms with Crippen LogP contribution in [0.4, 0.5) is 0 Å². The second-order valence-corrected chi connectivity index (χ2v) is 4.98. The van der Waals surface area contributed by atoms with Crippen molar-refractivity contribution in [3.05, 3.63) is 59.4 Å². The predicted octanol–water partition coefficient (Wildman–Crippen LogP) is 3.36. The van der Waals surface area contributed by atoms with Crippen molar-refractivity contribution in [3.63, 3.8) is 0 Å². The molecule has 0 unspecified atom stereocenters. The molecule has 2 aromatic heterocycles. The Morgan fingerprint density at radius 1 is 1.10 bits per heavy atom. The van der Waals surface area contributed by atoms with Crippen molar-refractivity contribution in [1.29, 1.82) is 0 Å². The minimum Gasteiger partial charge on any atom is -0.390 e. The fourth-order valence-corrected chi connectivity index (χ4v) is 2.60. The normalized spacial score (nSPS) is 11.2. The van der Waals surface area contributed by atoms with Gasteiger partial charge in [0.25, 0.3) is 0 Å². The summed E-state index contributed by atoms with van der Waals surface area (Å²) in [6, 6.07) is 14.4. The molecule has 1 N–H and O–H groups in total. The van der Waals surface area contributed by atoms with E-state index in [4.69, 9.17) is 0 Å². The number of aliphatic hydroxyl groups excluding tert-OH is 1. The molecule has 0 saturated carbocycles. The van der Waals surface area contributed by atoms with Gasteiger partial charge < -0.3 is 5.11 Å². The number of aryl methyl sites for hydroxylation is 2. The molecule has 0 atom stereocenters. The third kappa shape index (κ3) is 2.00. The molecule has 0 spiro atoms. The van der Waals surface area contributed by atoms with Gasteiger partial charge in [-0.15, -0.1) is 0 Å². The standard InChI is InChI=1S/C17H18N2O/c1-3-13-7-9-14(10-8-13)17-15(11-20)19-12(2)5-4-6-16(19)18-17/h4-10,20H,3,11H2,1-2H3. The Balaban J connectivity index is 2.22. The summed E-state index contributed by atoms with van der Waals surface area (Å²) >= 11 is 0. The zero-order valence-corrected chi connectivity index (χ0v) is 11.8. The van der Waals surface area contributed by atoms with Crippen LogP contribution in [0, 0.1) is 6.92 Å². The van der Waals surface area contributed by atoms with E-state index in [2.05, 4.69) is 36.2 Å². The summed E-state index contributed by atoms with van der Waals surface area (Å²) in [7, 11) is 0. The largest absolute Gasteiger partial charge is 0.390 e. The molecular weight excluding hydrogens is 248 g/mol. The van der Waals surface area contributed by atoms with E-state index >= 15 is 0 Å². The number of nitrogens with zero attached hydrogens (tertiary/aromatic N) is 2. The number of imidazole rings is 1. The van der Waals surface area contributed by atoms with Gasteiger partial charge in [0.15, 0.2) is 0 Å². The van der Waals surface area contributed by atoms with E-state index < -0.39 is 0 Å². The third-order valence-electron chi connectivity index (χ3n) is 3.72.